The van der Waals surface area contributed by atoms with Crippen LogP contribution in [0.5, 0.6) is 0 Å². The van der Waals surface area contributed by atoms with Gasteiger partial charge in [0.05, 0.1) is 0 Å². The molecule has 0 saturated heterocycles. The average molecular weight is 130 g/mol. The maximum absolute atomic E-state index is 3.85. The summed E-state index contributed by atoms with van der Waals surface area (Å²) in [7, 11) is 0. The van der Waals surface area contributed by atoms with Gasteiger partial charge in [-0.15, -0.1) is 0 Å². The van der Waals surface area contributed by atoms with E-state index < -0.39 is 0 Å². The summed E-state index contributed by atoms with van der Waals surface area (Å²) in [5.41, 5.74) is 1.72. The Bertz CT molecular complexity index is 114. The molecule has 1 aromatic heterocycles. The van der Waals surface area contributed by atoms with Crippen LogP contribution < -0.4 is 0 Å². The van der Waals surface area contributed by atoms with Crippen LogP contribution in [0.1, 0.15) is 19.7 Å². The minimum Gasteiger partial charge on any atom is -0.228 e. The summed E-state index contributed by atoms with van der Waals surface area (Å²) in [6.07, 6.45) is 0. The Morgan fingerprint density at radius 2 is 2.12 bits per heavy atom. The number of aryl methyl sites for hydroxylation is 1. The van der Waals surface area contributed by atoms with Crippen molar-refractivity contribution >= 4 is 11.5 Å². The molecule has 46 valence electrons. The predicted octanol–water partition coefficient (Wildman–Crippen LogP) is 1.87. The van der Waals surface area contributed by atoms with Gasteiger partial charge in [-0.3, -0.25) is 0 Å². The lowest BCUT2D eigenvalue weighted by Gasteiger charge is -1.63. The molecule has 0 fully saturated rings. The quantitative estimate of drug-likeness (QED) is 0.536. The summed E-state index contributed by atoms with van der Waals surface area (Å²) in [4.78, 5) is 3.82. The Kier molecular flexibility index (Phi) is 4.45. The number of nitrogens with zero attached hydrogens (tertiary/aromatic N) is 2. The minimum atomic E-state index is 0.861. The van der Waals surface area contributed by atoms with Crippen LogP contribution in [0.4, 0.5) is 0 Å². The van der Waals surface area contributed by atoms with Crippen molar-refractivity contribution in [1.82, 2.24) is 9.36 Å². The van der Waals surface area contributed by atoms with Crippen molar-refractivity contribution in [1.29, 1.82) is 0 Å². The van der Waals surface area contributed by atoms with Crippen LogP contribution in [0, 0.1) is 6.92 Å². The topological polar surface area (TPSA) is 25.8 Å². The smallest absolute Gasteiger partial charge is 0.139 e. The molecule has 0 aliphatic rings. The van der Waals surface area contributed by atoms with Crippen molar-refractivity contribution in [2.45, 2.75) is 20.8 Å². The molecular formula is C5H10N2S. The second-order valence-electron chi connectivity index (χ2n) is 0.978. The molecule has 0 amide bonds. The molecule has 0 radical (unpaired) electrons. The summed E-state index contributed by atoms with van der Waals surface area (Å²) in [6.45, 7) is 5.87. The van der Waals surface area contributed by atoms with Gasteiger partial charge in [-0.2, -0.15) is 4.37 Å². The molecule has 0 unspecified atom stereocenters. The van der Waals surface area contributed by atoms with Gasteiger partial charge in [-0.05, 0) is 18.5 Å². The monoisotopic (exact) mass is 130 g/mol. The van der Waals surface area contributed by atoms with E-state index in [1.807, 2.05) is 20.8 Å². The van der Waals surface area contributed by atoms with E-state index in [0.717, 1.165) is 5.82 Å². The SMILES string of the molecule is CC.Cc1ncsn1. The molecule has 1 aromatic rings. The summed E-state index contributed by atoms with van der Waals surface area (Å²) in [6, 6.07) is 0. The van der Waals surface area contributed by atoms with Crippen LogP contribution in [0.15, 0.2) is 5.51 Å². The van der Waals surface area contributed by atoms with Gasteiger partial charge >= 0.3 is 0 Å². The Hall–Kier alpha value is -0.440. The van der Waals surface area contributed by atoms with E-state index in [4.69, 9.17) is 0 Å². The molecule has 3 heteroatoms. The molecule has 0 aliphatic carbocycles. The largest absolute Gasteiger partial charge is 0.228 e. The molecule has 0 spiro atoms. The standard InChI is InChI=1S/C3H4N2S.C2H6/c1-3-4-2-6-5-3;1-2/h2H,1H3;1-2H3. The third kappa shape index (κ3) is 2.69. The number of hydrogen-bond acceptors (Lipinski definition) is 3. The summed E-state index contributed by atoms with van der Waals surface area (Å²) >= 11 is 1.38. The van der Waals surface area contributed by atoms with Crippen molar-refractivity contribution in [3.63, 3.8) is 0 Å². The molecule has 0 saturated carbocycles. The fraction of sp³-hybridized carbons (Fsp3) is 0.600. The zero-order chi connectivity index (χ0) is 6.41. The molecule has 8 heavy (non-hydrogen) atoms. The lowest BCUT2D eigenvalue weighted by Crippen LogP contribution is -1.66. The van der Waals surface area contributed by atoms with E-state index in [-0.39, 0.29) is 0 Å². The van der Waals surface area contributed by atoms with Gasteiger partial charge in [0.15, 0.2) is 0 Å². The molecule has 2 nitrogen and oxygen atoms in total. The van der Waals surface area contributed by atoms with Crippen LogP contribution in [0.2, 0.25) is 0 Å². The fourth-order valence-corrected chi connectivity index (χ4v) is 0.670. The van der Waals surface area contributed by atoms with E-state index >= 15 is 0 Å². The normalized spacial score (nSPS) is 7.38. The number of rotatable bonds is 0. The van der Waals surface area contributed by atoms with Gasteiger partial charge in [0.1, 0.15) is 11.3 Å². The molecule has 0 aliphatic heterocycles. The summed E-state index contributed by atoms with van der Waals surface area (Å²) < 4.78 is 3.85. The Morgan fingerprint density at radius 3 is 2.25 bits per heavy atom. The first-order chi connectivity index (χ1) is 3.89. The Labute approximate surface area is 53.8 Å². The third-order valence-electron chi connectivity index (χ3n) is 0.471. The molecular weight excluding hydrogens is 120 g/mol. The minimum absolute atomic E-state index is 0.861. The second kappa shape index (κ2) is 4.71. The van der Waals surface area contributed by atoms with Crippen molar-refractivity contribution in [3.8, 4) is 0 Å². The highest BCUT2D eigenvalue weighted by atomic mass is 32.1. The number of aromatic nitrogens is 2. The number of hydrogen-bond donors (Lipinski definition) is 0. The molecule has 0 bridgehead atoms. The lowest BCUT2D eigenvalue weighted by molar-refractivity contribution is 1.17. The van der Waals surface area contributed by atoms with Gasteiger partial charge < -0.3 is 0 Å². The molecule has 1 rings (SSSR count). The maximum Gasteiger partial charge on any atom is 0.139 e. The van der Waals surface area contributed by atoms with Gasteiger partial charge in [0.2, 0.25) is 0 Å². The first-order valence-electron chi connectivity index (χ1n) is 2.62. The highest BCUT2D eigenvalue weighted by Gasteiger charge is 1.77. The van der Waals surface area contributed by atoms with Crippen LogP contribution in [0.3, 0.4) is 0 Å². The van der Waals surface area contributed by atoms with Gasteiger partial charge in [-0.25, -0.2) is 4.98 Å². The van der Waals surface area contributed by atoms with Crippen LogP contribution >= 0.6 is 11.5 Å². The summed E-state index contributed by atoms with van der Waals surface area (Å²) in [5, 5.41) is 0. The third-order valence-corrected chi connectivity index (χ3v) is 1.04. The average Bonchev–Trinajstić information content (AvgIpc) is 2.24. The van der Waals surface area contributed by atoms with E-state index in [1.54, 1.807) is 5.51 Å². The first kappa shape index (κ1) is 7.56. The molecule has 0 N–H and O–H groups in total. The van der Waals surface area contributed by atoms with Crippen molar-refractivity contribution in [3.05, 3.63) is 11.3 Å². The molecule has 1 heterocycles. The Morgan fingerprint density at radius 1 is 1.50 bits per heavy atom. The van der Waals surface area contributed by atoms with Crippen molar-refractivity contribution < 1.29 is 0 Å². The molecule has 0 atom stereocenters. The van der Waals surface area contributed by atoms with E-state index in [9.17, 15) is 0 Å². The first-order valence-corrected chi connectivity index (χ1v) is 3.46. The van der Waals surface area contributed by atoms with E-state index in [1.165, 1.54) is 11.5 Å². The van der Waals surface area contributed by atoms with Gasteiger partial charge in [0.25, 0.3) is 0 Å². The van der Waals surface area contributed by atoms with E-state index in [2.05, 4.69) is 9.36 Å². The maximum atomic E-state index is 3.85. The molecule has 0 aromatic carbocycles. The van der Waals surface area contributed by atoms with Crippen LogP contribution in [0.25, 0.3) is 0 Å². The van der Waals surface area contributed by atoms with Gasteiger partial charge in [-0.1, -0.05) is 13.8 Å². The highest BCUT2D eigenvalue weighted by Crippen LogP contribution is 1.87. The highest BCUT2D eigenvalue weighted by molar-refractivity contribution is 7.03. The zero-order valence-electron chi connectivity index (χ0n) is 5.38. The predicted molar refractivity (Wildman–Crippen MR) is 36.0 cm³/mol. The van der Waals surface area contributed by atoms with Crippen LogP contribution in [-0.2, 0) is 0 Å². The second-order valence-corrected chi connectivity index (χ2v) is 1.58. The fourth-order valence-electron chi connectivity index (χ4n) is 0.223. The Balaban J connectivity index is 0.000000222. The zero-order valence-corrected chi connectivity index (χ0v) is 6.20. The van der Waals surface area contributed by atoms with Gasteiger partial charge in [0, 0.05) is 0 Å². The van der Waals surface area contributed by atoms with Crippen LogP contribution in [-0.4, -0.2) is 9.36 Å². The van der Waals surface area contributed by atoms with Crippen molar-refractivity contribution in [2.24, 2.45) is 0 Å². The van der Waals surface area contributed by atoms with E-state index in [0.29, 0.717) is 0 Å². The van der Waals surface area contributed by atoms with Crippen molar-refractivity contribution in [2.75, 3.05) is 0 Å². The lowest BCUT2D eigenvalue weighted by atomic mass is 10.8. The summed E-state index contributed by atoms with van der Waals surface area (Å²) in [5.74, 6) is 0.861.